The number of aromatic hydroxyl groups is 1. The molecule has 10 heteroatoms. The molecule has 0 aliphatic carbocycles. The highest BCUT2D eigenvalue weighted by Gasteiger charge is 2.45. The number of rotatable bonds is 2. The fraction of sp³-hybridized carbons (Fsp3) is 0.286. The number of hydrogen-bond acceptors (Lipinski definition) is 4. The van der Waals surface area contributed by atoms with E-state index in [9.17, 15) is 32.1 Å². The van der Waals surface area contributed by atoms with Gasteiger partial charge in [0, 0.05) is 0 Å². The molecule has 5 nitrogen and oxygen atoms in total. The van der Waals surface area contributed by atoms with Crippen LogP contribution in [0, 0.1) is 10.1 Å². The van der Waals surface area contributed by atoms with Gasteiger partial charge in [0.05, 0.1) is 11.1 Å². The molecule has 0 aliphatic rings. The summed E-state index contributed by atoms with van der Waals surface area (Å²) in [5, 5.41) is 19.2. The summed E-state index contributed by atoms with van der Waals surface area (Å²) in [6.45, 7) is 0. The van der Waals surface area contributed by atoms with E-state index in [1.54, 1.807) is 0 Å². The zero-order valence-electron chi connectivity index (χ0n) is 7.70. The van der Waals surface area contributed by atoms with Crippen LogP contribution in [-0.2, 0) is 6.18 Å². The molecule has 1 aromatic rings. The van der Waals surface area contributed by atoms with E-state index in [2.05, 4.69) is 4.98 Å². The summed E-state index contributed by atoms with van der Waals surface area (Å²) in [7, 11) is 0. The molecule has 1 rings (SSSR count). The first-order chi connectivity index (χ1) is 7.66. The van der Waals surface area contributed by atoms with Crippen molar-refractivity contribution in [1.82, 2.24) is 4.98 Å². The number of nitrogens with zero attached hydrogens (tertiary/aromatic N) is 2. The van der Waals surface area contributed by atoms with E-state index in [1.165, 1.54) is 0 Å². The van der Waals surface area contributed by atoms with E-state index in [0.717, 1.165) is 0 Å². The topological polar surface area (TPSA) is 76.3 Å². The molecule has 0 atom stereocenters. The van der Waals surface area contributed by atoms with Crippen LogP contribution in [0.15, 0.2) is 6.20 Å². The van der Waals surface area contributed by atoms with Gasteiger partial charge in [-0.2, -0.15) is 13.2 Å². The summed E-state index contributed by atoms with van der Waals surface area (Å²) >= 11 is 0. The number of alkyl halides is 5. The zero-order valence-corrected chi connectivity index (χ0v) is 7.70. The van der Waals surface area contributed by atoms with Crippen molar-refractivity contribution in [3.63, 3.8) is 0 Å². The van der Waals surface area contributed by atoms with E-state index >= 15 is 0 Å². The second-order valence-electron chi connectivity index (χ2n) is 2.81. The minimum atomic E-state index is -5.33. The predicted molar refractivity (Wildman–Crippen MR) is 42.5 cm³/mol. The standard InChI is InChI=1S/C7H3F5N2O3/c8-6(9)4-5(14(16)17)3(7(10,11)12)2(15)1-13-4/h1,6,15H. The Labute approximate surface area is 89.7 Å². The summed E-state index contributed by atoms with van der Waals surface area (Å²) in [6, 6.07) is 0. The summed E-state index contributed by atoms with van der Waals surface area (Å²) in [4.78, 5) is 11.4. The van der Waals surface area contributed by atoms with E-state index in [1.807, 2.05) is 0 Å². The predicted octanol–water partition coefficient (Wildman–Crippen LogP) is 2.65. The van der Waals surface area contributed by atoms with Crippen molar-refractivity contribution < 1.29 is 32.0 Å². The van der Waals surface area contributed by atoms with Crippen molar-refractivity contribution in [3.8, 4) is 5.75 Å². The second kappa shape index (κ2) is 4.11. The smallest absolute Gasteiger partial charge is 0.426 e. The van der Waals surface area contributed by atoms with Crippen molar-refractivity contribution in [3.05, 3.63) is 27.6 Å². The van der Waals surface area contributed by atoms with Crippen LogP contribution < -0.4 is 0 Å². The molecule has 1 heterocycles. The van der Waals surface area contributed by atoms with Gasteiger partial charge in [-0.15, -0.1) is 0 Å². The quantitative estimate of drug-likeness (QED) is 0.502. The average molecular weight is 258 g/mol. The van der Waals surface area contributed by atoms with Crippen LogP contribution in [0.4, 0.5) is 27.6 Å². The molecule has 17 heavy (non-hydrogen) atoms. The number of hydrogen-bond donors (Lipinski definition) is 1. The summed E-state index contributed by atoms with van der Waals surface area (Å²) in [5.41, 5.74) is -5.71. The Morgan fingerprint density at radius 3 is 2.29 bits per heavy atom. The van der Waals surface area contributed by atoms with Crippen molar-refractivity contribution in [2.75, 3.05) is 0 Å². The van der Waals surface area contributed by atoms with E-state index in [-0.39, 0.29) is 6.20 Å². The molecular weight excluding hydrogens is 255 g/mol. The van der Waals surface area contributed by atoms with Gasteiger partial charge in [-0.05, 0) is 0 Å². The van der Waals surface area contributed by atoms with Gasteiger partial charge >= 0.3 is 11.9 Å². The first-order valence-electron chi connectivity index (χ1n) is 3.87. The lowest BCUT2D eigenvalue weighted by Crippen LogP contribution is -2.12. The highest BCUT2D eigenvalue weighted by atomic mass is 19.4. The van der Waals surface area contributed by atoms with Gasteiger partial charge in [-0.1, -0.05) is 0 Å². The first kappa shape index (κ1) is 13.1. The van der Waals surface area contributed by atoms with Crippen LogP contribution >= 0.6 is 0 Å². The van der Waals surface area contributed by atoms with Crippen LogP contribution in [0.25, 0.3) is 0 Å². The maximum atomic E-state index is 12.4. The Bertz CT molecular complexity index is 460. The van der Waals surface area contributed by atoms with Crippen LogP contribution in [0.3, 0.4) is 0 Å². The average Bonchev–Trinajstić information content (AvgIpc) is 2.14. The Kier molecular flexibility index (Phi) is 3.16. The molecular formula is C7H3F5N2O3. The van der Waals surface area contributed by atoms with Crippen molar-refractivity contribution in [1.29, 1.82) is 0 Å². The van der Waals surface area contributed by atoms with Crippen molar-refractivity contribution in [2.45, 2.75) is 12.6 Å². The number of pyridine rings is 1. The van der Waals surface area contributed by atoms with Gasteiger partial charge in [0.25, 0.3) is 6.43 Å². The maximum Gasteiger partial charge on any atom is 0.426 e. The van der Waals surface area contributed by atoms with Gasteiger partial charge in [-0.25, -0.2) is 13.8 Å². The third kappa shape index (κ3) is 2.40. The van der Waals surface area contributed by atoms with Gasteiger partial charge in [-0.3, -0.25) is 10.1 Å². The Morgan fingerprint density at radius 1 is 1.41 bits per heavy atom. The van der Waals surface area contributed by atoms with Crippen LogP contribution in [0.1, 0.15) is 17.7 Å². The molecule has 0 radical (unpaired) electrons. The van der Waals surface area contributed by atoms with E-state index < -0.39 is 40.2 Å². The molecule has 1 aromatic heterocycles. The van der Waals surface area contributed by atoms with Crippen molar-refractivity contribution in [2.24, 2.45) is 0 Å². The lowest BCUT2D eigenvalue weighted by atomic mass is 10.1. The summed E-state index contributed by atoms with van der Waals surface area (Å²) in [5.74, 6) is -1.58. The molecule has 0 spiro atoms. The molecule has 0 saturated heterocycles. The van der Waals surface area contributed by atoms with Crippen LogP contribution in [0.5, 0.6) is 5.75 Å². The molecule has 0 amide bonds. The molecule has 0 aliphatic heterocycles. The van der Waals surface area contributed by atoms with Crippen LogP contribution in [0.2, 0.25) is 0 Å². The van der Waals surface area contributed by atoms with Crippen molar-refractivity contribution >= 4 is 5.69 Å². The molecule has 0 bridgehead atoms. The second-order valence-corrected chi connectivity index (χ2v) is 2.81. The highest BCUT2D eigenvalue weighted by molar-refractivity contribution is 5.53. The van der Waals surface area contributed by atoms with E-state index in [4.69, 9.17) is 5.11 Å². The highest BCUT2D eigenvalue weighted by Crippen LogP contribution is 2.44. The van der Waals surface area contributed by atoms with Gasteiger partial charge in [0.1, 0.15) is 0 Å². The number of halogens is 5. The Hall–Kier alpha value is -2.00. The molecule has 0 aromatic carbocycles. The largest absolute Gasteiger partial charge is 0.505 e. The number of aromatic nitrogens is 1. The molecule has 0 fully saturated rings. The third-order valence-electron chi connectivity index (χ3n) is 1.73. The van der Waals surface area contributed by atoms with Crippen LogP contribution in [-0.4, -0.2) is 15.0 Å². The fourth-order valence-corrected chi connectivity index (χ4v) is 1.13. The lowest BCUT2D eigenvalue weighted by molar-refractivity contribution is -0.389. The monoisotopic (exact) mass is 258 g/mol. The maximum absolute atomic E-state index is 12.4. The molecule has 94 valence electrons. The SMILES string of the molecule is O=[N+]([O-])c1c(C(F)F)ncc(O)c1C(F)(F)F. The van der Waals surface area contributed by atoms with Gasteiger partial charge in [0.15, 0.2) is 17.0 Å². The normalized spacial score (nSPS) is 11.9. The minimum Gasteiger partial charge on any atom is -0.505 e. The lowest BCUT2D eigenvalue weighted by Gasteiger charge is -2.11. The zero-order chi connectivity index (χ0) is 13.4. The van der Waals surface area contributed by atoms with Gasteiger partial charge in [0.2, 0.25) is 0 Å². The van der Waals surface area contributed by atoms with E-state index in [0.29, 0.717) is 0 Å². The minimum absolute atomic E-state index is 0.0946. The first-order valence-corrected chi connectivity index (χ1v) is 3.87. The molecule has 0 saturated carbocycles. The Morgan fingerprint density at radius 2 is 1.94 bits per heavy atom. The fourth-order valence-electron chi connectivity index (χ4n) is 1.13. The molecule has 0 unspecified atom stereocenters. The summed E-state index contributed by atoms with van der Waals surface area (Å²) < 4.78 is 61.7. The number of nitro groups is 1. The van der Waals surface area contributed by atoms with Gasteiger partial charge < -0.3 is 5.11 Å². The third-order valence-corrected chi connectivity index (χ3v) is 1.73. The Balaban J connectivity index is 3.67. The molecule has 1 N–H and O–H groups in total. The summed E-state index contributed by atoms with van der Waals surface area (Å²) in [6.07, 6.45) is -8.80.